The average molecular weight is 469 g/mol. The lowest BCUT2D eigenvalue weighted by molar-refractivity contribution is -0.119. The Balaban J connectivity index is 1.51. The molecule has 6 nitrogen and oxygen atoms in total. The van der Waals surface area contributed by atoms with Crippen molar-refractivity contribution >= 4 is 49.4 Å². The van der Waals surface area contributed by atoms with E-state index in [4.69, 9.17) is 4.98 Å². The largest absolute Gasteiger partial charge is 0.353 e. The molecule has 1 N–H and O–H groups in total. The third-order valence-electron chi connectivity index (χ3n) is 5.62. The number of benzene rings is 1. The second kappa shape index (κ2) is 8.99. The van der Waals surface area contributed by atoms with E-state index >= 15 is 0 Å². The number of rotatable bonds is 6. The summed E-state index contributed by atoms with van der Waals surface area (Å²) in [6.45, 7) is 0.246. The Labute approximate surface area is 191 Å². The highest BCUT2D eigenvalue weighted by Crippen LogP contribution is 2.30. The van der Waals surface area contributed by atoms with E-state index in [2.05, 4.69) is 10.3 Å². The SMILES string of the molecule is O=C(CSc1nc2c(sc3ncccc32)c(=O)n1Cc1ccc(F)cc1)NC1CCCC1. The van der Waals surface area contributed by atoms with E-state index in [0.717, 1.165) is 41.5 Å². The lowest BCUT2D eigenvalue weighted by atomic mass is 10.2. The highest BCUT2D eigenvalue weighted by molar-refractivity contribution is 7.99. The lowest BCUT2D eigenvalue weighted by Gasteiger charge is -2.14. The molecule has 3 heterocycles. The van der Waals surface area contributed by atoms with Gasteiger partial charge < -0.3 is 5.32 Å². The molecule has 0 atom stereocenters. The molecule has 0 radical (unpaired) electrons. The molecule has 0 unspecified atom stereocenters. The summed E-state index contributed by atoms with van der Waals surface area (Å²) in [5.41, 5.74) is 1.21. The molecule has 1 amide bonds. The molecule has 0 spiro atoms. The van der Waals surface area contributed by atoms with E-state index in [-0.39, 0.29) is 35.6 Å². The fraction of sp³-hybridized carbons (Fsp3) is 0.304. The molecule has 1 fully saturated rings. The van der Waals surface area contributed by atoms with Crippen molar-refractivity contribution in [2.75, 3.05) is 5.75 Å². The van der Waals surface area contributed by atoms with Crippen molar-refractivity contribution in [1.82, 2.24) is 19.9 Å². The Morgan fingerprint density at radius 2 is 2.00 bits per heavy atom. The normalized spacial score (nSPS) is 14.4. The maximum Gasteiger partial charge on any atom is 0.272 e. The summed E-state index contributed by atoms with van der Waals surface area (Å²) >= 11 is 2.57. The van der Waals surface area contributed by atoms with Gasteiger partial charge in [0.1, 0.15) is 15.3 Å². The van der Waals surface area contributed by atoms with Crippen LogP contribution in [0, 0.1) is 5.82 Å². The van der Waals surface area contributed by atoms with Crippen LogP contribution in [0.15, 0.2) is 52.5 Å². The summed E-state index contributed by atoms with van der Waals surface area (Å²) in [6, 6.07) is 10.0. The first-order valence-corrected chi connectivity index (χ1v) is 12.3. The van der Waals surface area contributed by atoms with E-state index in [0.29, 0.717) is 15.4 Å². The minimum Gasteiger partial charge on any atom is -0.353 e. The minimum absolute atomic E-state index is 0.0542. The third-order valence-corrected chi connectivity index (χ3v) is 7.69. The molecule has 1 saturated carbocycles. The van der Waals surface area contributed by atoms with Crippen molar-refractivity contribution in [2.24, 2.45) is 0 Å². The fourth-order valence-corrected chi connectivity index (χ4v) is 5.87. The van der Waals surface area contributed by atoms with Crippen LogP contribution in [0.3, 0.4) is 0 Å². The van der Waals surface area contributed by atoms with Gasteiger partial charge in [-0.3, -0.25) is 14.2 Å². The van der Waals surface area contributed by atoms with Gasteiger partial charge in [-0.05, 0) is 42.7 Å². The number of halogens is 1. The summed E-state index contributed by atoms with van der Waals surface area (Å²) in [5.74, 6) is -0.206. The number of aromatic nitrogens is 3. The topological polar surface area (TPSA) is 76.9 Å². The molecular formula is C23H21FN4O2S2. The van der Waals surface area contributed by atoms with Crippen LogP contribution in [-0.2, 0) is 11.3 Å². The van der Waals surface area contributed by atoms with Crippen molar-refractivity contribution in [3.8, 4) is 0 Å². The van der Waals surface area contributed by atoms with E-state index < -0.39 is 0 Å². The second-order valence-corrected chi connectivity index (χ2v) is 9.83. The van der Waals surface area contributed by atoms with Crippen molar-refractivity contribution in [2.45, 2.75) is 43.4 Å². The summed E-state index contributed by atoms with van der Waals surface area (Å²) < 4.78 is 15.4. The number of amides is 1. The summed E-state index contributed by atoms with van der Waals surface area (Å²) in [6.07, 6.45) is 6.02. The first-order valence-electron chi connectivity index (χ1n) is 10.5. The van der Waals surface area contributed by atoms with Crippen LogP contribution >= 0.6 is 23.1 Å². The first-order chi connectivity index (χ1) is 15.6. The molecule has 5 rings (SSSR count). The molecule has 0 saturated heterocycles. The predicted molar refractivity (Wildman–Crippen MR) is 126 cm³/mol. The van der Waals surface area contributed by atoms with E-state index in [1.165, 1.54) is 35.2 Å². The molecule has 164 valence electrons. The number of nitrogens with one attached hydrogen (secondary N) is 1. The molecule has 0 aliphatic heterocycles. The second-order valence-electron chi connectivity index (χ2n) is 7.89. The van der Waals surface area contributed by atoms with E-state index in [1.54, 1.807) is 22.9 Å². The monoisotopic (exact) mass is 468 g/mol. The van der Waals surface area contributed by atoms with Crippen LogP contribution in [-0.4, -0.2) is 32.2 Å². The summed E-state index contributed by atoms with van der Waals surface area (Å²) in [5, 5.41) is 4.38. The molecule has 4 aromatic rings. The van der Waals surface area contributed by atoms with Gasteiger partial charge in [-0.1, -0.05) is 36.7 Å². The zero-order valence-corrected chi connectivity index (χ0v) is 18.8. The number of hydrogen-bond donors (Lipinski definition) is 1. The van der Waals surface area contributed by atoms with Crippen molar-refractivity contribution in [1.29, 1.82) is 0 Å². The van der Waals surface area contributed by atoms with Crippen LogP contribution in [0.4, 0.5) is 4.39 Å². The maximum atomic E-state index is 13.4. The molecule has 1 aromatic carbocycles. The van der Waals surface area contributed by atoms with Crippen LogP contribution in [0.25, 0.3) is 20.4 Å². The van der Waals surface area contributed by atoms with Gasteiger partial charge in [0.15, 0.2) is 5.16 Å². The predicted octanol–water partition coefficient (Wildman–Crippen LogP) is 4.34. The smallest absolute Gasteiger partial charge is 0.272 e. The van der Waals surface area contributed by atoms with Gasteiger partial charge in [0.25, 0.3) is 5.56 Å². The number of thiophene rings is 1. The summed E-state index contributed by atoms with van der Waals surface area (Å²) in [4.78, 5) is 35.8. The fourth-order valence-electron chi connectivity index (χ4n) is 4.03. The number of pyridine rings is 1. The van der Waals surface area contributed by atoms with Crippen molar-refractivity contribution in [3.05, 3.63) is 64.3 Å². The molecule has 9 heteroatoms. The molecular weight excluding hydrogens is 447 g/mol. The van der Waals surface area contributed by atoms with Gasteiger partial charge in [0, 0.05) is 17.6 Å². The van der Waals surface area contributed by atoms with Gasteiger partial charge in [0.05, 0.1) is 17.8 Å². The first kappa shape index (κ1) is 21.1. The third kappa shape index (κ3) is 4.27. The highest BCUT2D eigenvalue weighted by atomic mass is 32.2. The van der Waals surface area contributed by atoms with Gasteiger partial charge in [0.2, 0.25) is 5.91 Å². The number of thioether (sulfide) groups is 1. The zero-order chi connectivity index (χ0) is 22.1. The van der Waals surface area contributed by atoms with E-state index in [9.17, 15) is 14.0 Å². The number of hydrogen-bond acceptors (Lipinski definition) is 6. The van der Waals surface area contributed by atoms with Gasteiger partial charge >= 0.3 is 0 Å². The van der Waals surface area contributed by atoms with Crippen LogP contribution in [0.2, 0.25) is 0 Å². The average Bonchev–Trinajstić information content (AvgIpc) is 3.44. The van der Waals surface area contributed by atoms with Crippen LogP contribution < -0.4 is 10.9 Å². The van der Waals surface area contributed by atoms with Crippen LogP contribution in [0.1, 0.15) is 31.2 Å². The Morgan fingerprint density at radius 3 is 2.78 bits per heavy atom. The Bertz CT molecular complexity index is 1340. The van der Waals surface area contributed by atoms with E-state index in [1.807, 2.05) is 12.1 Å². The van der Waals surface area contributed by atoms with Gasteiger partial charge in [-0.25, -0.2) is 14.4 Å². The van der Waals surface area contributed by atoms with Crippen molar-refractivity contribution in [3.63, 3.8) is 0 Å². The standard InChI is InChI=1S/C23H21FN4O2S2/c24-15-9-7-14(8-10-15)12-28-22(30)20-19(17-6-3-11-25-21(17)32-20)27-23(28)31-13-18(29)26-16-4-1-2-5-16/h3,6-11,16H,1-2,4-5,12-13H2,(H,26,29). The lowest BCUT2D eigenvalue weighted by Crippen LogP contribution is -2.34. The van der Waals surface area contributed by atoms with Gasteiger partial charge in [-0.2, -0.15) is 0 Å². The number of carbonyl (C=O) groups is 1. The minimum atomic E-state index is -0.330. The number of nitrogens with zero attached hydrogens (tertiary/aromatic N) is 3. The summed E-state index contributed by atoms with van der Waals surface area (Å²) in [7, 11) is 0. The number of carbonyl (C=O) groups excluding carboxylic acids is 1. The Kier molecular flexibility index (Phi) is 5.93. The molecule has 32 heavy (non-hydrogen) atoms. The maximum absolute atomic E-state index is 13.4. The molecule has 0 bridgehead atoms. The zero-order valence-electron chi connectivity index (χ0n) is 17.2. The quantitative estimate of drug-likeness (QED) is 0.336. The molecule has 3 aromatic heterocycles. The molecule has 1 aliphatic rings. The van der Waals surface area contributed by atoms with Crippen LogP contribution in [0.5, 0.6) is 0 Å². The molecule has 1 aliphatic carbocycles. The Morgan fingerprint density at radius 1 is 1.22 bits per heavy atom. The Hall–Kier alpha value is -2.78. The highest BCUT2D eigenvalue weighted by Gasteiger charge is 2.20. The number of fused-ring (bicyclic) bond motifs is 3. The van der Waals surface area contributed by atoms with Gasteiger partial charge in [-0.15, -0.1) is 11.3 Å². The van der Waals surface area contributed by atoms with Crippen molar-refractivity contribution < 1.29 is 9.18 Å².